The van der Waals surface area contributed by atoms with E-state index in [1.165, 1.54) is 5.56 Å². The van der Waals surface area contributed by atoms with E-state index in [9.17, 15) is 0 Å². The predicted molar refractivity (Wildman–Crippen MR) is 50.3 cm³/mol. The molecule has 1 aromatic carbocycles. The lowest BCUT2D eigenvalue weighted by Crippen LogP contribution is -2.05. The first-order chi connectivity index (χ1) is 5.83. The quantitative estimate of drug-likeness (QED) is 0.689. The van der Waals surface area contributed by atoms with E-state index < -0.39 is 0 Å². The van der Waals surface area contributed by atoms with Crippen molar-refractivity contribution in [2.75, 3.05) is 13.2 Å². The molecule has 0 aliphatic carbocycles. The van der Waals surface area contributed by atoms with Gasteiger partial charge in [-0.3, -0.25) is 0 Å². The van der Waals surface area contributed by atoms with Crippen LogP contribution in [0, 0.1) is 6.92 Å². The van der Waals surface area contributed by atoms with Gasteiger partial charge >= 0.3 is 0 Å². The molecule has 0 aromatic heterocycles. The summed E-state index contributed by atoms with van der Waals surface area (Å²) in [4.78, 5) is 0. The van der Waals surface area contributed by atoms with Gasteiger partial charge in [0.25, 0.3) is 0 Å². The van der Waals surface area contributed by atoms with Crippen LogP contribution in [0.25, 0.3) is 0 Å². The third-order valence-electron chi connectivity index (χ3n) is 1.64. The van der Waals surface area contributed by atoms with Crippen LogP contribution in [0.15, 0.2) is 24.3 Å². The number of hydrogen-bond acceptors (Lipinski definition) is 2. The lowest BCUT2D eigenvalue weighted by Gasteiger charge is -2.04. The standard InChI is InChI=1S/C10H15NO/c1-9-3-5-10(6-4-9)12-8-2-7-11/h3-6H,2,7-8,11H2,1H3. The predicted octanol–water partition coefficient (Wildman–Crippen LogP) is 1.72. The third-order valence-corrected chi connectivity index (χ3v) is 1.64. The molecule has 2 nitrogen and oxygen atoms in total. The zero-order valence-corrected chi connectivity index (χ0v) is 7.42. The fourth-order valence-electron chi connectivity index (χ4n) is 0.908. The van der Waals surface area contributed by atoms with E-state index in [1.54, 1.807) is 0 Å². The van der Waals surface area contributed by atoms with Crippen LogP contribution < -0.4 is 10.5 Å². The first-order valence-corrected chi connectivity index (χ1v) is 4.22. The molecule has 0 saturated heterocycles. The average Bonchev–Trinajstić information content (AvgIpc) is 2.09. The molecule has 0 atom stereocenters. The third kappa shape index (κ3) is 2.93. The lowest BCUT2D eigenvalue weighted by molar-refractivity contribution is 0.313. The number of nitrogens with two attached hydrogens (primary N) is 1. The van der Waals surface area contributed by atoms with E-state index in [4.69, 9.17) is 10.5 Å². The minimum Gasteiger partial charge on any atom is -0.494 e. The Morgan fingerprint density at radius 1 is 1.25 bits per heavy atom. The van der Waals surface area contributed by atoms with Gasteiger partial charge in [-0.2, -0.15) is 0 Å². The molecule has 2 heteroatoms. The smallest absolute Gasteiger partial charge is 0.119 e. The lowest BCUT2D eigenvalue weighted by atomic mass is 10.2. The van der Waals surface area contributed by atoms with E-state index >= 15 is 0 Å². The van der Waals surface area contributed by atoms with Gasteiger partial charge in [-0.1, -0.05) is 17.7 Å². The summed E-state index contributed by atoms with van der Waals surface area (Å²) < 4.78 is 5.42. The molecule has 0 bridgehead atoms. The normalized spacial score (nSPS) is 9.83. The highest BCUT2D eigenvalue weighted by Crippen LogP contribution is 2.11. The second-order valence-electron chi connectivity index (χ2n) is 2.80. The molecule has 2 N–H and O–H groups in total. The molecular formula is C10H15NO. The second kappa shape index (κ2) is 4.78. The Bertz CT molecular complexity index is 218. The molecule has 0 unspecified atom stereocenters. The molecule has 0 saturated carbocycles. The minimum absolute atomic E-state index is 0.686. The minimum atomic E-state index is 0.686. The van der Waals surface area contributed by atoms with Crippen molar-refractivity contribution in [3.8, 4) is 5.75 Å². The van der Waals surface area contributed by atoms with E-state index in [0.717, 1.165) is 12.2 Å². The van der Waals surface area contributed by atoms with Crippen LogP contribution in [0.5, 0.6) is 5.75 Å². The van der Waals surface area contributed by atoms with Crippen LogP contribution in [0.3, 0.4) is 0 Å². The molecule has 0 aliphatic heterocycles. The van der Waals surface area contributed by atoms with Crippen molar-refractivity contribution >= 4 is 0 Å². The maximum Gasteiger partial charge on any atom is 0.119 e. The molecule has 0 fully saturated rings. The van der Waals surface area contributed by atoms with Crippen molar-refractivity contribution in [3.05, 3.63) is 29.8 Å². The molecule has 1 rings (SSSR count). The van der Waals surface area contributed by atoms with Crippen molar-refractivity contribution in [1.29, 1.82) is 0 Å². The summed E-state index contributed by atoms with van der Waals surface area (Å²) in [5.41, 5.74) is 6.59. The Labute approximate surface area is 73.3 Å². The second-order valence-corrected chi connectivity index (χ2v) is 2.80. The Morgan fingerprint density at radius 3 is 2.50 bits per heavy atom. The van der Waals surface area contributed by atoms with Gasteiger partial charge in [-0.15, -0.1) is 0 Å². The van der Waals surface area contributed by atoms with Gasteiger partial charge in [0.05, 0.1) is 6.61 Å². The van der Waals surface area contributed by atoms with Gasteiger partial charge in [0.2, 0.25) is 0 Å². The fourth-order valence-corrected chi connectivity index (χ4v) is 0.908. The monoisotopic (exact) mass is 165 g/mol. The SMILES string of the molecule is Cc1ccc(OCCCN)cc1. The van der Waals surface area contributed by atoms with Gasteiger partial charge < -0.3 is 10.5 Å². The van der Waals surface area contributed by atoms with Crippen molar-refractivity contribution in [1.82, 2.24) is 0 Å². The Balaban J connectivity index is 2.37. The first-order valence-electron chi connectivity index (χ1n) is 4.22. The number of ether oxygens (including phenoxy) is 1. The molecule has 1 aromatic rings. The first kappa shape index (κ1) is 9.07. The van der Waals surface area contributed by atoms with Gasteiger partial charge in [0.1, 0.15) is 5.75 Å². The van der Waals surface area contributed by atoms with E-state index in [1.807, 2.05) is 24.3 Å². The molecule has 0 radical (unpaired) electrons. The van der Waals surface area contributed by atoms with Crippen LogP contribution in [-0.4, -0.2) is 13.2 Å². The number of aryl methyl sites for hydroxylation is 1. The maximum atomic E-state index is 5.42. The summed E-state index contributed by atoms with van der Waals surface area (Å²) in [7, 11) is 0. The zero-order valence-electron chi connectivity index (χ0n) is 7.42. The fraction of sp³-hybridized carbons (Fsp3) is 0.400. The van der Waals surface area contributed by atoms with Gasteiger partial charge in [0, 0.05) is 0 Å². The zero-order chi connectivity index (χ0) is 8.81. The molecule has 0 amide bonds. The van der Waals surface area contributed by atoms with Crippen molar-refractivity contribution in [3.63, 3.8) is 0 Å². The molecule has 0 spiro atoms. The van der Waals surface area contributed by atoms with E-state index in [-0.39, 0.29) is 0 Å². The number of rotatable bonds is 4. The van der Waals surface area contributed by atoms with E-state index in [0.29, 0.717) is 13.2 Å². The van der Waals surface area contributed by atoms with Gasteiger partial charge in [-0.05, 0) is 32.0 Å². The summed E-state index contributed by atoms with van der Waals surface area (Å²) in [5.74, 6) is 0.925. The van der Waals surface area contributed by atoms with Crippen LogP contribution in [0.1, 0.15) is 12.0 Å². The van der Waals surface area contributed by atoms with Crippen LogP contribution >= 0.6 is 0 Å². The highest BCUT2D eigenvalue weighted by atomic mass is 16.5. The van der Waals surface area contributed by atoms with E-state index in [2.05, 4.69) is 6.92 Å². The highest BCUT2D eigenvalue weighted by molar-refractivity contribution is 5.26. The summed E-state index contributed by atoms with van der Waals surface area (Å²) in [6.07, 6.45) is 0.911. The van der Waals surface area contributed by atoms with Crippen LogP contribution in [0.4, 0.5) is 0 Å². The molecule has 0 aliphatic rings. The van der Waals surface area contributed by atoms with Crippen molar-refractivity contribution < 1.29 is 4.74 Å². The molecule has 66 valence electrons. The summed E-state index contributed by atoms with van der Waals surface area (Å²) >= 11 is 0. The van der Waals surface area contributed by atoms with Crippen LogP contribution in [0.2, 0.25) is 0 Å². The maximum absolute atomic E-state index is 5.42. The summed E-state index contributed by atoms with van der Waals surface area (Å²) in [6.45, 7) is 3.45. The molecule has 0 heterocycles. The largest absolute Gasteiger partial charge is 0.494 e. The summed E-state index contributed by atoms with van der Waals surface area (Å²) in [5, 5.41) is 0. The van der Waals surface area contributed by atoms with Gasteiger partial charge in [-0.25, -0.2) is 0 Å². The summed E-state index contributed by atoms with van der Waals surface area (Å²) in [6, 6.07) is 8.03. The van der Waals surface area contributed by atoms with Crippen LogP contribution in [-0.2, 0) is 0 Å². The van der Waals surface area contributed by atoms with Crippen molar-refractivity contribution in [2.45, 2.75) is 13.3 Å². The Hall–Kier alpha value is -1.02. The van der Waals surface area contributed by atoms with Gasteiger partial charge in [0.15, 0.2) is 0 Å². The molecular weight excluding hydrogens is 150 g/mol. The van der Waals surface area contributed by atoms with Crippen molar-refractivity contribution in [2.24, 2.45) is 5.73 Å². The molecule has 12 heavy (non-hydrogen) atoms. The average molecular weight is 165 g/mol. The number of benzene rings is 1. The highest BCUT2D eigenvalue weighted by Gasteiger charge is 1.91. The Morgan fingerprint density at radius 2 is 1.92 bits per heavy atom. The topological polar surface area (TPSA) is 35.2 Å². The number of hydrogen-bond donors (Lipinski definition) is 1. The Kier molecular flexibility index (Phi) is 3.61.